The van der Waals surface area contributed by atoms with Gasteiger partial charge in [-0.05, 0) is 94.5 Å². The molecule has 0 bridgehead atoms. The van der Waals surface area contributed by atoms with Crippen molar-refractivity contribution in [3.8, 4) is 12.1 Å². The summed E-state index contributed by atoms with van der Waals surface area (Å²) in [6.45, 7) is 13.1. The summed E-state index contributed by atoms with van der Waals surface area (Å²) in [6.07, 6.45) is 16.3. The number of allylic oxidation sites excluding steroid dienone is 6. The smallest absolute Gasteiger partial charge is 0.307 e. The maximum atomic E-state index is 12.4. The number of carboxylic acids is 2. The fraction of sp³-hybridized carbons (Fsp3) is 0.500. The zero-order chi connectivity index (χ0) is 47.7. The molecular weight excluding hydrogens is 855 g/mol. The number of ether oxygens (including phenoxy) is 5. The Hall–Kier alpha value is -5.98. The number of unbranched alkanes of at least 4 members (excludes halogenated alkanes) is 4. The first-order chi connectivity index (χ1) is 31.4. The first kappa shape index (κ1) is 55.2. The number of nitrogens with zero attached hydrogens (tertiary/aromatic N) is 5. The first-order valence-electron chi connectivity index (χ1n) is 21.7. The molecule has 16 nitrogen and oxygen atoms in total. The van der Waals surface area contributed by atoms with Gasteiger partial charge in [0.05, 0.1) is 75.6 Å². The number of esters is 2. The Morgan fingerprint density at radius 2 is 1.23 bits per heavy atom. The molecule has 0 saturated heterocycles. The molecule has 2 rings (SSSR count). The molecule has 0 aliphatic heterocycles. The second kappa shape index (κ2) is 33.5. The van der Waals surface area contributed by atoms with Crippen LogP contribution in [0.15, 0.2) is 78.0 Å². The summed E-state index contributed by atoms with van der Waals surface area (Å²) in [7, 11) is 0. The van der Waals surface area contributed by atoms with Gasteiger partial charge in [0.15, 0.2) is 5.00 Å². The summed E-state index contributed by atoms with van der Waals surface area (Å²) in [5, 5.41) is 47.0. The van der Waals surface area contributed by atoms with Crippen LogP contribution >= 0.6 is 11.3 Å². The average molecular weight is 918 g/mol. The van der Waals surface area contributed by atoms with Gasteiger partial charge in [0.25, 0.3) is 0 Å². The van der Waals surface area contributed by atoms with Crippen molar-refractivity contribution >= 4 is 51.6 Å². The van der Waals surface area contributed by atoms with E-state index in [1.807, 2.05) is 48.3 Å². The summed E-state index contributed by atoms with van der Waals surface area (Å²) in [5.74, 6) is -5.08. The average Bonchev–Trinajstić information content (AvgIpc) is 3.60. The third-order valence-corrected chi connectivity index (χ3v) is 10.8. The molecule has 352 valence electrons. The van der Waals surface area contributed by atoms with E-state index in [9.17, 15) is 39.9 Å². The molecule has 0 saturated carbocycles. The lowest BCUT2D eigenvalue weighted by molar-refractivity contribution is -0.152. The van der Waals surface area contributed by atoms with Crippen molar-refractivity contribution in [1.29, 1.82) is 10.5 Å². The number of hydrogen-bond donors (Lipinski definition) is 2. The SMILES string of the molecule is C=CCCC/C=C/CC(CC(=O)OCCOCCOCCN(CCOCCOC(=O)CC(C/C=C/CCCC=C)C(=O)O)c1ccc(N=Nc2sc(C#N)c(C)c2C#N)c(C)c1)C(=O)O. The highest BCUT2D eigenvalue weighted by molar-refractivity contribution is 7.16. The highest BCUT2D eigenvalue weighted by Crippen LogP contribution is 2.36. The fourth-order valence-corrected chi connectivity index (χ4v) is 6.88. The van der Waals surface area contributed by atoms with Gasteiger partial charge in [0.1, 0.15) is 30.2 Å². The number of hydrogen-bond acceptors (Lipinski definition) is 15. The molecule has 17 heteroatoms. The molecule has 2 unspecified atom stereocenters. The van der Waals surface area contributed by atoms with Gasteiger partial charge in [-0.3, -0.25) is 19.2 Å². The van der Waals surface area contributed by atoms with Crippen LogP contribution in [-0.4, -0.2) is 100 Å². The summed E-state index contributed by atoms with van der Waals surface area (Å²) in [6, 6.07) is 9.79. The van der Waals surface area contributed by atoms with Crippen LogP contribution in [0.25, 0.3) is 0 Å². The van der Waals surface area contributed by atoms with Crippen LogP contribution in [-0.2, 0) is 42.9 Å². The predicted octanol–water partition coefficient (Wildman–Crippen LogP) is 9.25. The Morgan fingerprint density at radius 3 is 1.69 bits per heavy atom. The van der Waals surface area contributed by atoms with Crippen molar-refractivity contribution in [2.45, 2.75) is 78.1 Å². The van der Waals surface area contributed by atoms with Crippen LogP contribution in [0.2, 0.25) is 0 Å². The van der Waals surface area contributed by atoms with Crippen LogP contribution in [0.3, 0.4) is 0 Å². The number of aryl methyl sites for hydroxylation is 1. The van der Waals surface area contributed by atoms with Crippen LogP contribution in [0.5, 0.6) is 0 Å². The zero-order valence-corrected chi connectivity index (χ0v) is 38.4. The molecule has 1 aromatic carbocycles. The highest BCUT2D eigenvalue weighted by Gasteiger charge is 2.22. The van der Waals surface area contributed by atoms with Gasteiger partial charge in [0, 0.05) is 18.8 Å². The normalized spacial score (nSPS) is 12.2. The minimum atomic E-state index is -1.06. The standard InChI is InChI=1S/C48H63N5O11S/c1-5-7-9-11-13-15-17-38(47(56)57)32-44(54)63-29-27-61-24-22-53(40-19-20-42(36(3)31-40)51-52-46-41(34-49)37(4)43(35-50)65-46)21-23-60-25-26-62-28-30-64-45(55)33-39(48(58)59)18-16-14-12-10-8-6-2/h5-6,13-16,19-20,31,38-39H,1-2,7-12,17-18,21-30,32-33H2,3-4H3,(H,56,57)(H,58,59)/b15-13+,16-14+,52-51?. The number of azo groups is 1. The number of thiophene rings is 1. The summed E-state index contributed by atoms with van der Waals surface area (Å²) >= 11 is 1.11. The molecular formula is C48H63N5O11S. The number of aliphatic carboxylic acids is 2. The van der Waals surface area contributed by atoms with Gasteiger partial charge in [0.2, 0.25) is 0 Å². The Morgan fingerprint density at radius 1 is 0.723 bits per heavy atom. The van der Waals surface area contributed by atoms with Crippen molar-refractivity contribution in [2.75, 3.05) is 70.8 Å². The molecule has 1 aromatic heterocycles. The Bertz CT molecular complexity index is 2000. The van der Waals surface area contributed by atoms with E-state index in [1.54, 1.807) is 25.1 Å². The van der Waals surface area contributed by atoms with Gasteiger partial charge in [-0.2, -0.15) is 10.5 Å². The number of carbonyl (C=O) groups excluding carboxylic acids is 2. The lowest BCUT2D eigenvalue weighted by atomic mass is 10.0. The molecule has 0 aliphatic carbocycles. The van der Waals surface area contributed by atoms with Gasteiger partial charge in [-0.1, -0.05) is 36.5 Å². The second-order valence-corrected chi connectivity index (χ2v) is 15.7. The van der Waals surface area contributed by atoms with Gasteiger partial charge in [-0.15, -0.1) is 34.7 Å². The van der Waals surface area contributed by atoms with E-state index >= 15 is 0 Å². The molecule has 2 N–H and O–H groups in total. The molecule has 0 spiro atoms. The molecule has 65 heavy (non-hydrogen) atoms. The van der Waals surface area contributed by atoms with Crippen molar-refractivity contribution < 1.29 is 53.1 Å². The minimum absolute atomic E-state index is 0.0186. The minimum Gasteiger partial charge on any atom is -0.481 e. The first-order valence-corrected chi connectivity index (χ1v) is 22.5. The number of benzene rings is 1. The van der Waals surface area contributed by atoms with Crippen LogP contribution in [0.4, 0.5) is 16.4 Å². The zero-order valence-electron chi connectivity index (χ0n) is 37.6. The number of carbonyl (C=O) groups is 4. The number of anilines is 1. The third-order valence-electron chi connectivity index (χ3n) is 9.76. The molecule has 0 radical (unpaired) electrons. The Balaban J connectivity index is 1.90. The highest BCUT2D eigenvalue weighted by atomic mass is 32.1. The predicted molar refractivity (Wildman–Crippen MR) is 248 cm³/mol. The molecule has 2 aromatic rings. The number of rotatable bonds is 36. The number of carboxylic acid groups (broad SMARTS) is 2. The van der Waals surface area contributed by atoms with E-state index in [1.165, 1.54) is 0 Å². The van der Waals surface area contributed by atoms with E-state index in [0.29, 0.717) is 46.4 Å². The van der Waals surface area contributed by atoms with Crippen LogP contribution in [0.1, 0.15) is 85.8 Å². The molecule has 0 aliphatic rings. The number of nitriles is 2. The van der Waals surface area contributed by atoms with Crippen molar-refractivity contribution in [2.24, 2.45) is 22.1 Å². The molecule has 0 fully saturated rings. The van der Waals surface area contributed by atoms with Crippen molar-refractivity contribution in [3.63, 3.8) is 0 Å². The summed E-state index contributed by atoms with van der Waals surface area (Å²) in [5.41, 5.74) is 3.12. The monoisotopic (exact) mass is 917 g/mol. The summed E-state index contributed by atoms with van der Waals surface area (Å²) < 4.78 is 27.6. The third kappa shape index (κ3) is 23.0. The van der Waals surface area contributed by atoms with E-state index in [0.717, 1.165) is 61.1 Å². The Kier molecular flexibility index (Phi) is 28.4. The maximum Gasteiger partial charge on any atom is 0.307 e. The molecule has 1 heterocycles. The van der Waals surface area contributed by atoms with E-state index in [-0.39, 0.29) is 71.9 Å². The summed E-state index contributed by atoms with van der Waals surface area (Å²) in [4.78, 5) is 50.4. The quantitative estimate of drug-likeness (QED) is 0.0281. The van der Waals surface area contributed by atoms with Crippen LogP contribution < -0.4 is 4.90 Å². The van der Waals surface area contributed by atoms with Gasteiger partial charge < -0.3 is 38.8 Å². The largest absolute Gasteiger partial charge is 0.481 e. The maximum absolute atomic E-state index is 12.4. The lowest BCUT2D eigenvalue weighted by Gasteiger charge is -2.25. The van der Waals surface area contributed by atoms with E-state index in [2.05, 4.69) is 35.5 Å². The Labute approximate surface area is 386 Å². The lowest BCUT2D eigenvalue weighted by Crippen LogP contribution is -2.31. The van der Waals surface area contributed by atoms with Gasteiger partial charge in [-0.25, -0.2) is 0 Å². The molecule has 2 atom stereocenters. The van der Waals surface area contributed by atoms with E-state index in [4.69, 9.17) is 23.7 Å². The fourth-order valence-electron chi connectivity index (χ4n) is 6.01. The molecule has 0 amide bonds. The second-order valence-electron chi connectivity index (χ2n) is 14.7. The van der Waals surface area contributed by atoms with Gasteiger partial charge >= 0.3 is 23.9 Å². The van der Waals surface area contributed by atoms with Crippen LogP contribution in [0, 0.1) is 48.3 Å². The topological polar surface area (TPSA) is 230 Å². The van der Waals surface area contributed by atoms with Crippen molar-refractivity contribution in [3.05, 3.63) is 89.4 Å². The van der Waals surface area contributed by atoms with Crippen molar-refractivity contribution in [1.82, 2.24) is 0 Å². The van der Waals surface area contributed by atoms with E-state index < -0.39 is 35.7 Å².